The number of carbonyl (C=O) groups excluding carboxylic acids is 1. The normalized spacial score (nSPS) is 24.7. The van der Waals surface area contributed by atoms with Gasteiger partial charge in [0.1, 0.15) is 6.10 Å². The van der Waals surface area contributed by atoms with Crippen molar-refractivity contribution in [2.45, 2.75) is 44.4 Å². The molecule has 5 rings (SSSR count). The van der Waals surface area contributed by atoms with E-state index in [-0.39, 0.29) is 29.7 Å². The molecule has 3 heterocycles. The van der Waals surface area contributed by atoms with Crippen LogP contribution in [-0.4, -0.2) is 49.0 Å². The van der Waals surface area contributed by atoms with Crippen molar-refractivity contribution in [2.24, 2.45) is 5.92 Å². The Labute approximate surface area is 177 Å². The van der Waals surface area contributed by atoms with E-state index in [1.54, 1.807) is 18.5 Å². The van der Waals surface area contributed by atoms with Gasteiger partial charge >= 0.3 is 0 Å². The molecular weight excluding hydrogens is 404 g/mol. The third kappa shape index (κ3) is 3.43. The van der Waals surface area contributed by atoms with Crippen molar-refractivity contribution < 1.29 is 18.3 Å². The van der Waals surface area contributed by atoms with Gasteiger partial charge in [-0.2, -0.15) is 15.0 Å². The monoisotopic (exact) mass is 425 g/mol. The van der Waals surface area contributed by atoms with Crippen LogP contribution in [0.15, 0.2) is 55.0 Å². The third-order valence-corrected chi connectivity index (χ3v) is 6.27. The van der Waals surface area contributed by atoms with Crippen molar-refractivity contribution in [3.63, 3.8) is 0 Å². The molecule has 1 aliphatic heterocycles. The Balaban J connectivity index is 1.39. The summed E-state index contributed by atoms with van der Waals surface area (Å²) in [5, 5.41) is 8.32. The van der Waals surface area contributed by atoms with Crippen LogP contribution in [0.3, 0.4) is 0 Å². The van der Waals surface area contributed by atoms with E-state index in [4.69, 9.17) is 4.74 Å². The Hall–Kier alpha value is -3.36. The molecule has 2 aliphatic rings. The minimum absolute atomic E-state index is 0.0742. The highest BCUT2D eigenvalue weighted by atomic mass is 19.3. The maximum atomic E-state index is 13.6. The number of hydrogen-bond donors (Lipinski definition) is 0. The third-order valence-electron chi connectivity index (χ3n) is 6.27. The molecule has 0 N–H and O–H groups in total. The van der Waals surface area contributed by atoms with Crippen molar-refractivity contribution in [1.82, 2.24) is 24.9 Å². The van der Waals surface area contributed by atoms with Crippen LogP contribution in [0.5, 0.6) is 5.88 Å². The molecule has 3 aromatic rings. The van der Waals surface area contributed by atoms with E-state index in [1.165, 1.54) is 16.9 Å². The largest absolute Gasteiger partial charge is 0.472 e. The second kappa shape index (κ2) is 7.72. The maximum Gasteiger partial charge on any atom is 0.265 e. The summed E-state index contributed by atoms with van der Waals surface area (Å²) in [4.78, 5) is 20.9. The maximum absolute atomic E-state index is 13.6. The molecule has 31 heavy (non-hydrogen) atoms. The molecule has 1 aromatic carbocycles. The lowest BCUT2D eigenvalue weighted by atomic mass is 9.98. The van der Waals surface area contributed by atoms with Crippen molar-refractivity contribution in [2.75, 3.05) is 0 Å². The Morgan fingerprint density at radius 2 is 1.90 bits per heavy atom. The zero-order valence-corrected chi connectivity index (χ0v) is 16.8. The van der Waals surface area contributed by atoms with E-state index in [0.717, 1.165) is 19.0 Å². The standard InChI is InChI=1S/C22H21F2N5O2/c1-13-15-10-18(19(11-15)31-20-7-6-14(12-25-20)21(23)24)28(13)22(30)16-4-2-3-5-17(16)29-26-8-9-27-29/h2-9,12-13,15,18-19,21H,10-11H2,1H3/t13-,15-,18+,19-/m1/s1. The van der Waals surface area contributed by atoms with E-state index in [0.29, 0.717) is 23.0 Å². The van der Waals surface area contributed by atoms with Crippen molar-refractivity contribution >= 4 is 5.91 Å². The van der Waals surface area contributed by atoms with E-state index in [1.807, 2.05) is 23.1 Å². The average Bonchev–Trinajstić information content (AvgIpc) is 3.51. The van der Waals surface area contributed by atoms with Crippen molar-refractivity contribution in [3.05, 3.63) is 66.1 Å². The first-order chi connectivity index (χ1) is 15.0. The lowest BCUT2D eigenvalue weighted by Gasteiger charge is -2.38. The van der Waals surface area contributed by atoms with Gasteiger partial charge in [0.05, 0.1) is 29.7 Å². The number of carbonyl (C=O) groups is 1. The van der Waals surface area contributed by atoms with Gasteiger partial charge in [0, 0.05) is 23.9 Å². The van der Waals surface area contributed by atoms with Gasteiger partial charge in [0.2, 0.25) is 5.88 Å². The number of rotatable bonds is 5. The van der Waals surface area contributed by atoms with Crippen molar-refractivity contribution in [1.29, 1.82) is 0 Å². The molecule has 4 atom stereocenters. The molecule has 9 heteroatoms. The minimum Gasteiger partial charge on any atom is -0.472 e. The first-order valence-electron chi connectivity index (χ1n) is 10.2. The number of likely N-dealkylation sites (tertiary alicyclic amines) is 1. The van der Waals surface area contributed by atoms with Crippen LogP contribution in [0.25, 0.3) is 5.69 Å². The minimum atomic E-state index is -2.57. The van der Waals surface area contributed by atoms with E-state index < -0.39 is 6.43 Å². The zero-order valence-electron chi connectivity index (χ0n) is 16.8. The highest BCUT2D eigenvalue weighted by Crippen LogP contribution is 2.44. The van der Waals surface area contributed by atoms with E-state index in [9.17, 15) is 13.6 Å². The quantitative estimate of drug-likeness (QED) is 0.624. The van der Waals surface area contributed by atoms with Crippen LogP contribution < -0.4 is 4.74 Å². The van der Waals surface area contributed by atoms with Crippen LogP contribution in [0.1, 0.15) is 42.1 Å². The number of nitrogens with zero attached hydrogens (tertiary/aromatic N) is 5. The summed E-state index contributed by atoms with van der Waals surface area (Å²) in [6.07, 6.45) is 3.11. The molecule has 0 spiro atoms. The summed E-state index contributed by atoms with van der Waals surface area (Å²) in [5.74, 6) is 0.514. The number of aromatic nitrogens is 4. The van der Waals surface area contributed by atoms with Gasteiger partial charge in [0.25, 0.3) is 12.3 Å². The lowest BCUT2D eigenvalue weighted by Crippen LogP contribution is -2.51. The van der Waals surface area contributed by atoms with Gasteiger partial charge in [0.15, 0.2) is 0 Å². The van der Waals surface area contributed by atoms with Crippen LogP contribution in [-0.2, 0) is 0 Å². The van der Waals surface area contributed by atoms with Gasteiger partial charge in [-0.25, -0.2) is 13.8 Å². The van der Waals surface area contributed by atoms with Crippen LogP contribution in [0.4, 0.5) is 8.78 Å². The van der Waals surface area contributed by atoms with Crippen LogP contribution in [0.2, 0.25) is 0 Å². The predicted molar refractivity (Wildman–Crippen MR) is 107 cm³/mol. The first kappa shape index (κ1) is 19.6. The topological polar surface area (TPSA) is 73.1 Å². The number of halogens is 2. The lowest BCUT2D eigenvalue weighted by molar-refractivity contribution is 0.0313. The second-order valence-electron chi connectivity index (χ2n) is 7.97. The number of para-hydroxylation sites is 1. The fourth-order valence-corrected chi connectivity index (χ4v) is 4.75. The highest BCUT2D eigenvalue weighted by molar-refractivity contribution is 5.98. The molecule has 160 valence electrons. The smallest absolute Gasteiger partial charge is 0.265 e. The van der Waals surface area contributed by atoms with Gasteiger partial charge in [-0.05, 0) is 43.9 Å². The molecule has 1 amide bonds. The molecule has 1 saturated heterocycles. The number of ether oxygens (including phenoxy) is 1. The molecule has 7 nitrogen and oxygen atoms in total. The number of fused-ring (bicyclic) bond motifs is 2. The average molecular weight is 425 g/mol. The summed E-state index contributed by atoms with van der Waals surface area (Å²) in [7, 11) is 0. The fourth-order valence-electron chi connectivity index (χ4n) is 4.75. The van der Waals surface area contributed by atoms with E-state index in [2.05, 4.69) is 22.1 Å². The molecule has 1 saturated carbocycles. The molecule has 2 aromatic heterocycles. The number of benzene rings is 1. The Kier molecular flexibility index (Phi) is 4.88. The molecule has 0 unspecified atom stereocenters. The number of amides is 1. The number of hydrogen-bond acceptors (Lipinski definition) is 5. The second-order valence-corrected chi connectivity index (χ2v) is 7.97. The summed E-state index contributed by atoms with van der Waals surface area (Å²) < 4.78 is 31.6. The Morgan fingerprint density at radius 3 is 2.58 bits per heavy atom. The van der Waals surface area contributed by atoms with Gasteiger partial charge < -0.3 is 9.64 Å². The molecule has 2 fully saturated rings. The molecule has 2 bridgehead atoms. The SMILES string of the molecule is C[C@@H]1[C@H]2C[C@@H](Oc3ccc(C(F)F)cn3)[C@H](C2)N1C(=O)c1ccccc1-n1nccn1. The number of pyridine rings is 1. The van der Waals surface area contributed by atoms with E-state index >= 15 is 0 Å². The van der Waals surface area contributed by atoms with Crippen molar-refractivity contribution in [3.8, 4) is 11.6 Å². The molecular formula is C22H21F2N5O2. The Bertz CT molecular complexity index is 1070. The summed E-state index contributed by atoms with van der Waals surface area (Å²) >= 11 is 0. The molecule has 1 aliphatic carbocycles. The summed E-state index contributed by atoms with van der Waals surface area (Å²) in [6.45, 7) is 2.06. The number of piperidine rings is 1. The fraction of sp³-hybridized carbons (Fsp3) is 0.364. The summed E-state index contributed by atoms with van der Waals surface area (Å²) in [5.41, 5.74) is 1.00. The summed E-state index contributed by atoms with van der Waals surface area (Å²) in [6, 6.07) is 10.0. The van der Waals surface area contributed by atoms with Crippen LogP contribution >= 0.6 is 0 Å². The van der Waals surface area contributed by atoms with Gasteiger partial charge in [-0.1, -0.05) is 12.1 Å². The molecule has 0 radical (unpaired) electrons. The van der Waals surface area contributed by atoms with Gasteiger partial charge in [-0.3, -0.25) is 4.79 Å². The Morgan fingerprint density at radius 1 is 1.13 bits per heavy atom. The predicted octanol–water partition coefficient (Wildman–Crippen LogP) is 3.67. The zero-order chi connectivity index (χ0) is 21.5. The van der Waals surface area contributed by atoms with Gasteiger partial charge in [-0.15, -0.1) is 0 Å². The first-order valence-corrected chi connectivity index (χ1v) is 10.2. The van der Waals surface area contributed by atoms with Crippen LogP contribution in [0, 0.1) is 5.92 Å². The highest BCUT2D eigenvalue weighted by Gasteiger charge is 2.53. The number of alkyl halides is 2.